The minimum atomic E-state index is -0.543. The number of pyridine rings is 1. The average molecular weight is 272 g/mol. The van der Waals surface area contributed by atoms with Crippen molar-refractivity contribution in [1.29, 1.82) is 0 Å². The molecule has 2 rings (SSSR count). The van der Waals surface area contributed by atoms with Gasteiger partial charge in [0.05, 0.1) is 4.92 Å². The molecule has 0 saturated carbocycles. The summed E-state index contributed by atoms with van der Waals surface area (Å²) in [5, 5.41) is 10.9. The number of ether oxygens (including phenoxy) is 1. The zero-order valence-electron chi connectivity index (χ0n) is 10.8. The van der Waals surface area contributed by atoms with Crippen LogP contribution >= 0.6 is 0 Å². The van der Waals surface area contributed by atoms with E-state index in [1.807, 2.05) is 13.0 Å². The van der Waals surface area contributed by atoms with Crippen LogP contribution in [0.3, 0.4) is 0 Å². The third-order valence-corrected chi connectivity index (χ3v) is 2.64. The number of nitro benzene ring substituents is 1. The first-order valence-electron chi connectivity index (χ1n) is 5.87. The topological polar surface area (TPSA) is 82.3 Å². The lowest BCUT2D eigenvalue weighted by Crippen LogP contribution is -2.00. The molecule has 0 N–H and O–H groups in total. The van der Waals surface area contributed by atoms with Crippen molar-refractivity contribution >= 4 is 12.0 Å². The van der Waals surface area contributed by atoms with Crippen molar-refractivity contribution in [2.45, 2.75) is 13.5 Å². The van der Waals surface area contributed by atoms with Crippen LogP contribution in [-0.2, 0) is 6.61 Å². The van der Waals surface area contributed by atoms with Gasteiger partial charge in [-0.1, -0.05) is 0 Å². The number of nitrogens with zero attached hydrogens (tertiary/aromatic N) is 2. The smallest absolute Gasteiger partial charge is 0.310 e. The van der Waals surface area contributed by atoms with Crippen LogP contribution in [0.15, 0.2) is 36.7 Å². The molecule has 6 heteroatoms. The van der Waals surface area contributed by atoms with Gasteiger partial charge in [-0.15, -0.1) is 0 Å². The Morgan fingerprint density at radius 3 is 2.80 bits per heavy atom. The van der Waals surface area contributed by atoms with E-state index in [0.717, 1.165) is 11.1 Å². The molecule has 0 bridgehead atoms. The maximum Gasteiger partial charge on any atom is 0.310 e. The Morgan fingerprint density at radius 2 is 2.15 bits per heavy atom. The zero-order chi connectivity index (χ0) is 14.5. The number of aryl methyl sites for hydroxylation is 1. The van der Waals surface area contributed by atoms with Crippen LogP contribution in [0.25, 0.3) is 0 Å². The highest BCUT2D eigenvalue weighted by atomic mass is 16.6. The van der Waals surface area contributed by atoms with Crippen LogP contribution in [0.5, 0.6) is 5.75 Å². The first-order chi connectivity index (χ1) is 9.60. The number of aldehydes is 1. The number of aromatic nitrogens is 1. The van der Waals surface area contributed by atoms with Crippen molar-refractivity contribution in [2.75, 3.05) is 0 Å². The summed E-state index contributed by atoms with van der Waals surface area (Å²) < 4.78 is 5.44. The highest BCUT2D eigenvalue weighted by molar-refractivity contribution is 5.76. The van der Waals surface area contributed by atoms with Gasteiger partial charge in [0.25, 0.3) is 0 Å². The second-order valence-corrected chi connectivity index (χ2v) is 4.26. The molecule has 1 aromatic heterocycles. The molecule has 0 aliphatic carbocycles. The third-order valence-electron chi connectivity index (χ3n) is 2.64. The molecule has 0 amide bonds. The lowest BCUT2D eigenvalue weighted by atomic mass is 10.2. The predicted octanol–water partition coefficient (Wildman–Crippen LogP) is 2.69. The van der Waals surface area contributed by atoms with E-state index < -0.39 is 4.92 Å². The van der Waals surface area contributed by atoms with Gasteiger partial charge in [-0.3, -0.25) is 19.9 Å². The van der Waals surface area contributed by atoms with Gasteiger partial charge in [0.2, 0.25) is 0 Å². The first-order valence-corrected chi connectivity index (χ1v) is 5.87. The summed E-state index contributed by atoms with van der Waals surface area (Å²) >= 11 is 0. The van der Waals surface area contributed by atoms with Crippen molar-refractivity contribution in [3.05, 3.63) is 63.5 Å². The molecular weight excluding hydrogens is 260 g/mol. The summed E-state index contributed by atoms with van der Waals surface area (Å²) in [5.41, 5.74) is 1.93. The van der Waals surface area contributed by atoms with E-state index in [0.29, 0.717) is 11.8 Å². The number of nitro groups is 1. The average Bonchev–Trinajstić information content (AvgIpc) is 2.44. The Bertz CT molecular complexity index is 655. The minimum Gasteiger partial charge on any atom is -0.482 e. The molecule has 20 heavy (non-hydrogen) atoms. The first kappa shape index (κ1) is 13.7. The van der Waals surface area contributed by atoms with Gasteiger partial charge in [0.15, 0.2) is 5.75 Å². The van der Waals surface area contributed by atoms with E-state index >= 15 is 0 Å². The molecule has 0 fully saturated rings. The zero-order valence-corrected chi connectivity index (χ0v) is 10.8. The van der Waals surface area contributed by atoms with Gasteiger partial charge in [0, 0.05) is 29.6 Å². The molecular formula is C14H12N2O4. The molecule has 1 aromatic carbocycles. The van der Waals surface area contributed by atoms with Crippen LogP contribution in [-0.4, -0.2) is 16.2 Å². The SMILES string of the molecule is Cc1cncc(COc2cc(C=O)ccc2[N+](=O)[O-])c1. The van der Waals surface area contributed by atoms with Crippen molar-refractivity contribution in [1.82, 2.24) is 4.98 Å². The van der Waals surface area contributed by atoms with Gasteiger partial charge in [-0.05, 0) is 30.7 Å². The maximum atomic E-state index is 10.9. The quantitative estimate of drug-likeness (QED) is 0.474. The summed E-state index contributed by atoms with van der Waals surface area (Å²) in [5.74, 6) is 0.0705. The van der Waals surface area contributed by atoms with Crippen LogP contribution in [0.1, 0.15) is 21.5 Å². The molecule has 0 atom stereocenters. The Labute approximate surface area is 115 Å². The lowest BCUT2D eigenvalue weighted by molar-refractivity contribution is -0.385. The Balaban J connectivity index is 2.23. The van der Waals surface area contributed by atoms with Crippen LogP contribution in [0, 0.1) is 17.0 Å². The molecule has 2 aromatic rings. The van der Waals surface area contributed by atoms with Gasteiger partial charge in [0.1, 0.15) is 12.9 Å². The lowest BCUT2D eigenvalue weighted by Gasteiger charge is -2.07. The van der Waals surface area contributed by atoms with Crippen LogP contribution in [0.4, 0.5) is 5.69 Å². The largest absolute Gasteiger partial charge is 0.482 e. The van der Waals surface area contributed by atoms with Crippen LogP contribution in [0.2, 0.25) is 0 Å². The second-order valence-electron chi connectivity index (χ2n) is 4.26. The number of carbonyl (C=O) groups is 1. The standard InChI is InChI=1S/C14H12N2O4/c1-10-4-12(7-15-6-10)9-20-14-5-11(8-17)2-3-13(14)16(18)19/h2-8H,9H2,1H3. The maximum absolute atomic E-state index is 10.9. The van der Waals surface area contributed by atoms with E-state index in [2.05, 4.69) is 4.98 Å². The fourth-order valence-electron chi connectivity index (χ4n) is 1.73. The highest BCUT2D eigenvalue weighted by Gasteiger charge is 2.15. The minimum absolute atomic E-state index is 0.0705. The molecule has 102 valence electrons. The van der Waals surface area contributed by atoms with Gasteiger partial charge < -0.3 is 4.74 Å². The molecule has 0 aliphatic rings. The summed E-state index contributed by atoms with van der Waals surface area (Å²) in [4.78, 5) is 25.1. The Hall–Kier alpha value is -2.76. The number of benzene rings is 1. The van der Waals surface area contributed by atoms with Gasteiger partial charge in [-0.25, -0.2) is 0 Å². The molecule has 0 radical (unpaired) electrons. The van der Waals surface area contributed by atoms with Crippen molar-refractivity contribution < 1.29 is 14.5 Å². The second kappa shape index (κ2) is 5.92. The number of carbonyl (C=O) groups excluding carboxylic acids is 1. The summed E-state index contributed by atoms with van der Waals surface area (Å²) in [7, 11) is 0. The predicted molar refractivity (Wildman–Crippen MR) is 71.8 cm³/mol. The molecule has 0 saturated heterocycles. The monoisotopic (exact) mass is 272 g/mol. The molecule has 0 unspecified atom stereocenters. The molecule has 6 nitrogen and oxygen atoms in total. The fourth-order valence-corrected chi connectivity index (χ4v) is 1.73. The van der Waals surface area contributed by atoms with E-state index in [-0.39, 0.29) is 18.0 Å². The van der Waals surface area contributed by atoms with E-state index in [4.69, 9.17) is 4.74 Å². The van der Waals surface area contributed by atoms with Crippen molar-refractivity contribution in [3.63, 3.8) is 0 Å². The third kappa shape index (κ3) is 3.17. The fraction of sp³-hybridized carbons (Fsp3) is 0.143. The van der Waals surface area contributed by atoms with Crippen LogP contribution < -0.4 is 4.74 Å². The summed E-state index contributed by atoms with van der Waals surface area (Å²) in [6.07, 6.45) is 3.95. The van der Waals surface area contributed by atoms with E-state index in [9.17, 15) is 14.9 Å². The highest BCUT2D eigenvalue weighted by Crippen LogP contribution is 2.28. The molecule has 0 spiro atoms. The van der Waals surface area contributed by atoms with Gasteiger partial charge in [-0.2, -0.15) is 0 Å². The summed E-state index contributed by atoms with van der Waals surface area (Å²) in [6, 6.07) is 5.87. The van der Waals surface area contributed by atoms with E-state index in [1.165, 1.54) is 18.2 Å². The molecule has 1 heterocycles. The van der Waals surface area contributed by atoms with E-state index in [1.54, 1.807) is 12.4 Å². The van der Waals surface area contributed by atoms with Gasteiger partial charge >= 0.3 is 5.69 Å². The number of hydrogen-bond donors (Lipinski definition) is 0. The van der Waals surface area contributed by atoms with Crippen molar-refractivity contribution in [2.24, 2.45) is 0 Å². The number of hydrogen-bond acceptors (Lipinski definition) is 5. The summed E-state index contributed by atoms with van der Waals surface area (Å²) in [6.45, 7) is 2.05. The normalized spacial score (nSPS) is 10.1. The Morgan fingerprint density at radius 1 is 1.35 bits per heavy atom. The Kier molecular flexibility index (Phi) is 4.05. The number of rotatable bonds is 5. The van der Waals surface area contributed by atoms with Crippen molar-refractivity contribution in [3.8, 4) is 5.75 Å². The molecule has 0 aliphatic heterocycles.